The van der Waals surface area contributed by atoms with Crippen LogP contribution in [0.2, 0.25) is 0 Å². The van der Waals surface area contributed by atoms with Crippen LogP contribution < -0.4 is 16.0 Å². The Bertz CT molecular complexity index is 595. The van der Waals surface area contributed by atoms with Gasteiger partial charge in [0.15, 0.2) is 11.7 Å². The molecule has 1 rings (SSSR count). The molecule has 0 fully saturated rings. The Labute approximate surface area is 185 Å². The molecule has 162 valence electrons. The number of hydrogen-bond acceptors (Lipinski definition) is 5. The maximum atomic E-state index is 11.6. The highest BCUT2D eigenvalue weighted by Gasteiger charge is 2.15. The van der Waals surface area contributed by atoms with E-state index in [9.17, 15) is 4.79 Å². The van der Waals surface area contributed by atoms with E-state index >= 15 is 0 Å². The third kappa shape index (κ3) is 10.7. The lowest BCUT2D eigenvalue weighted by Gasteiger charge is -2.19. The van der Waals surface area contributed by atoms with Gasteiger partial charge in [0.25, 0.3) is 0 Å². The molecule has 0 saturated carbocycles. The number of alkyl carbamates (subject to hydrolysis) is 1. The number of halogens is 1. The lowest BCUT2D eigenvalue weighted by atomic mass is 9.99. The SMILES string of the molecule is CCNC(=NCc1cc(C(CC)CC)no1)NCCNC(=O)OC(C)(C)C.I. The average molecular weight is 509 g/mol. The largest absolute Gasteiger partial charge is 0.444 e. The summed E-state index contributed by atoms with van der Waals surface area (Å²) >= 11 is 0. The van der Waals surface area contributed by atoms with Crippen LogP contribution in [0.4, 0.5) is 4.79 Å². The van der Waals surface area contributed by atoms with E-state index in [1.54, 1.807) is 0 Å². The predicted octanol–water partition coefficient (Wildman–Crippen LogP) is 3.78. The number of nitrogens with zero attached hydrogens (tertiary/aromatic N) is 2. The van der Waals surface area contributed by atoms with Crippen LogP contribution in [-0.4, -0.2) is 42.4 Å². The molecule has 28 heavy (non-hydrogen) atoms. The molecule has 9 heteroatoms. The van der Waals surface area contributed by atoms with Gasteiger partial charge < -0.3 is 25.2 Å². The Balaban J connectivity index is 0.00000729. The number of aliphatic imine (C=N–C) groups is 1. The summed E-state index contributed by atoms with van der Waals surface area (Å²) < 4.78 is 10.6. The molecule has 1 aromatic rings. The lowest BCUT2D eigenvalue weighted by Crippen LogP contribution is -2.42. The highest BCUT2D eigenvalue weighted by Crippen LogP contribution is 2.22. The molecule has 0 aliphatic rings. The summed E-state index contributed by atoms with van der Waals surface area (Å²) in [5.74, 6) is 1.82. The number of ether oxygens (including phenoxy) is 1. The van der Waals surface area contributed by atoms with Crippen molar-refractivity contribution in [2.45, 2.75) is 72.4 Å². The van der Waals surface area contributed by atoms with E-state index in [0.29, 0.717) is 31.5 Å². The van der Waals surface area contributed by atoms with E-state index in [2.05, 4.69) is 39.9 Å². The van der Waals surface area contributed by atoms with Gasteiger partial charge in [0.2, 0.25) is 0 Å². The van der Waals surface area contributed by atoms with Crippen LogP contribution in [0.1, 0.15) is 71.8 Å². The number of guanidine groups is 1. The average Bonchev–Trinajstić information content (AvgIpc) is 3.04. The molecular weight excluding hydrogens is 473 g/mol. The van der Waals surface area contributed by atoms with Crippen LogP contribution in [0.15, 0.2) is 15.6 Å². The van der Waals surface area contributed by atoms with E-state index in [0.717, 1.165) is 30.8 Å². The minimum absolute atomic E-state index is 0. The molecule has 1 heterocycles. The fourth-order valence-corrected chi connectivity index (χ4v) is 2.46. The van der Waals surface area contributed by atoms with Gasteiger partial charge in [-0.05, 0) is 40.5 Å². The van der Waals surface area contributed by atoms with E-state index in [1.807, 2.05) is 33.8 Å². The first kappa shape index (κ1) is 26.5. The standard InChI is InChI=1S/C19H35N5O3.HI/c1-7-14(8-2)16-12-15(27-24-16)13-23-17(20-9-3)21-10-11-22-18(25)26-19(4,5)6;/h12,14H,7-11,13H2,1-6H3,(H,22,25)(H2,20,21,23);1H. The van der Waals surface area contributed by atoms with Crippen molar-refractivity contribution in [3.8, 4) is 0 Å². The first-order valence-corrected chi connectivity index (χ1v) is 9.73. The molecule has 0 aromatic carbocycles. The number of carbonyl (C=O) groups is 1. The highest BCUT2D eigenvalue weighted by atomic mass is 127. The van der Waals surface area contributed by atoms with Gasteiger partial charge in [-0.2, -0.15) is 0 Å². The third-order valence-electron chi connectivity index (χ3n) is 3.80. The van der Waals surface area contributed by atoms with E-state index in [1.165, 1.54) is 0 Å². The second-order valence-electron chi connectivity index (χ2n) is 7.28. The Hall–Kier alpha value is -1.52. The van der Waals surface area contributed by atoms with Gasteiger partial charge in [0.05, 0.1) is 5.69 Å². The highest BCUT2D eigenvalue weighted by molar-refractivity contribution is 14.0. The number of rotatable bonds is 9. The zero-order chi connectivity index (χ0) is 20.3. The fraction of sp³-hybridized carbons (Fsp3) is 0.737. The number of hydrogen-bond donors (Lipinski definition) is 3. The van der Waals surface area contributed by atoms with Crippen molar-refractivity contribution in [1.29, 1.82) is 0 Å². The molecule has 0 atom stereocenters. The monoisotopic (exact) mass is 509 g/mol. The minimum Gasteiger partial charge on any atom is -0.444 e. The summed E-state index contributed by atoms with van der Waals surface area (Å²) in [5, 5.41) is 13.2. The van der Waals surface area contributed by atoms with Gasteiger partial charge in [-0.1, -0.05) is 19.0 Å². The number of amides is 1. The van der Waals surface area contributed by atoms with Crippen molar-refractivity contribution >= 4 is 36.0 Å². The Morgan fingerprint density at radius 2 is 1.82 bits per heavy atom. The molecule has 0 aliphatic carbocycles. The molecule has 0 unspecified atom stereocenters. The van der Waals surface area contributed by atoms with E-state index in [-0.39, 0.29) is 24.0 Å². The van der Waals surface area contributed by atoms with Gasteiger partial charge in [0.1, 0.15) is 12.1 Å². The molecule has 1 amide bonds. The summed E-state index contributed by atoms with van der Waals surface area (Å²) in [6, 6.07) is 1.98. The second-order valence-corrected chi connectivity index (χ2v) is 7.28. The van der Waals surface area contributed by atoms with Crippen molar-refractivity contribution in [2.24, 2.45) is 4.99 Å². The van der Waals surface area contributed by atoms with Crippen LogP contribution in [-0.2, 0) is 11.3 Å². The molecule has 1 aromatic heterocycles. The third-order valence-corrected chi connectivity index (χ3v) is 3.80. The Morgan fingerprint density at radius 3 is 2.39 bits per heavy atom. The minimum atomic E-state index is -0.502. The van der Waals surface area contributed by atoms with Crippen molar-refractivity contribution < 1.29 is 14.1 Å². The first-order valence-electron chi connectivity index (χ1n) is 9.73. The first-order chi connectivity index (χ1) is 12.8. The molecular formula is C19H36IN5O3. The van der Waals surface area contributed by atoms with Gasteiger partial charge in [0, 0.05) is 31.6 Å². The van der Waals surface area contributed by atoms with Gasteiger partial charge >= 0.3 is 6.09 Å². The summed E-state index contributed by atoms with van der Waals surface area (Å²) in [4.78, 5) is 16.1. The van der Waals surface area contributed by atoms with Crippen molar-refractivity contribution in [3.63, 3.8) is 0 Å². The summed E-state index contributed by atoms with van der Waals surface area (Å²) in [5.41, 5.74) is 0.489. The second kappa shape index (κ2) is 13.6. The lowest BCUT2D eigenvalue weighted by molar-refractivity contribution is 0.0529. The Morgan fingerprint density at radius 1 is 1.18 bits per heavy atom. The van der Waals surface area contributed by atoms with Gasteiger partial charge in [-0.3, -0.25) is 0 Å². The quantitative estimate of drug-likeness (QED) is 0.203. The summed E-state index contributed by atoms with van der Waals surface area (Å²) in [6.45, 7) is 13.9. The van der Waals surface area contributed by atoms with Crippen LogP contribution in [0.5, 0.6) is 0 Å². The topological polar surface area (TPSA) is 101 Å². The predicted molar refractivity (Wildman–Crippen MR) is 122 cm³/mol. The zero-order valence-corrected chi connectivity index (χ0v) is 20.3. The fourth-order valence-electron chi connectivity index (χ4n) is 2.46. The number of carbonyl (C=O) groups excluding carboxylic acids is 1. The number of nitrogens with one attached hydrogen (secondary N) is 3. The van der Waals surface area contributed by atoms with Crippen LogP contribution in [0.3, 0.4) is 0 Å². The summed E-state index contributed by atoms with van der Waals surface area (Å²) in [7, 11) is 0. The van der Waals surface area contributed by atoms with Gasteiger partial charge in [-0.25, -0.2) is 9.79 Å². The normalized spacial score (nSPS) is 11.8. The molecule has 0 spiro atoms. The molecule has 0 bridgehead atoms. The maximum absolute atomic E-state index is 11.6. The zero-order valence-electron chi connectivity index (χ0n) is 17.9. The van der Waals surface area contributed by atoms with E-state index in [4.69, 9.17) is 9.26 Å². The molecule has 0 aliphatic heterocycles. The van der Waals surface area contributed by atoms with Crippen molar-refractivity contribution in [1.82, 2.24) is 21.1 Å². The maximum Gasteiger partial charge on any atom is 0.407 e. The van der Waals surface area contributed by atoms with Gasteiger partial charge in [-0.15, -0.1) is 24.0 Å². The molecule has 0 saturated heterocycles. The van der Waals surface area contributed by atoms with Crippen molar-refractivity contribution in [2.75, 3.05) is 19.6 Å². The molecule has 0 radical (unpaired) electrons. The number of aromatic nitrogens is 1. The molecule has 3 N–H and O–H groups in total. The van der Waals surface area contributed by atoms with E-state index < -0.39 is 11.7 Å². The van der Waals surface area contributed by atoms with Crippen molar-refractivity contribution in [3.05, 3.63) is 17.5 Å². The molecule has 8 nitrogen and oxygen atoms in total. The van der Waals surface area contributed by atoms with Crippen LogP contribution in [0, 0.1) is 0 Å². The van der Waals surface area contributed by atoms with Crippen LogP contribution >= 0.6 is 24.0 Å². The smallest absolute Gasteiger partial charge is 0.407 e. The Kier molecular flexibility index (Phi) is 12.9. The summed E-state index contributed by atoms with van der Waals surface area (Å²) in [6.07, 6.45) is 1.66. The van der Waals surface area contributed by atoms with Crippen LogP contribution in [0.25, 0.3) is 0 Å².